The van der Waals surface area contributed by atoms with Crippen LogP contribution in [0.3, 0.4) is 0 Å². The lowest BCUT2D eigenvalue weighted by Crippen LogP contribution is -2.15. The van der Waals surface area contributed by atoms with Gasteiger partial charge in [0.15, 0.2) is 0 Å². The number of hydrazine groups is 1. The van der Waals surface area contributed by atoms with Crippen LogP contribution in [0.5, 0.6) is 0 Å². The van der Waals surface area contributed by atoms with Crippen molar-refractivity contribution in [3.05, 3.63) is 18.1 Å². The van der Waals surface area contributed by atoms with Crippen molar-refractivity contribution >= 4 is 5.82 Å². The number of nitrogens with one attached hydrogen (secondary N) is 1. The predicted molar refractivity (Wildman–Crippen MR) is 34.8 cm³/mol. The fourth-order valence-corrected chi connectivity index (χ4v) is 0.576. The van der Waals surface area contributed by atoms with Crippen molar-refractivity contribution < 1.29 is 13.2 Å². The van der Waals surface area contributed by atoms with Gasteiger partial charge in [-0.1, -0.05) is 0 Å². The highest BCUT2D eigenvalue weighted by atomic mass is 19.4. The minimum Gasteiger partial charge on any atom is -0.308 e. The van der Waals surface area contributed by atoms with Gasteiger partial charge in [-0.2, -0.15) is 13.2 Å². The minimum atomic E-state index is -4.53. The molecule has 0 aromatic carbocycles. The van der Waals surface area contributed by atoms with Crippen LogP contribution in [0.4, 0.5) is 19.0 Å². The van der Waals surface area contributed by atoms with Gasteiger partial charge in [-0.3, -0.25) is 0 Å². The zero-order valence-electron chi connectivity index (χ0n) is 5.76. The molecule has 66 valence electrons. The first kappa shape index (κ1) is 8.72. The summed E-state index contributed by atoms with van der Waals surface area (Å²) in [4.78, 5) is 6.12. The molecule has 1 rings (SSSR count). The second-order valence-corrected chi connectivity index (χ2v) is 1.91. The van der Waals surface area contributed by atoms with Crippen LogP contribution in [0.25, 0.3) is 0 Å². The molecule has 0 bridgehead atoms. The molecule has 3 N–H and O–H groups in total. The van der Waals surface area contributed by atoms with Crippen molar-refractivity contribution in [2.45, 2.75) is 6.18 Å². The average Bonchev–Trinajstić information content (AvgIpc) is 2.03. The van der Waals surface area contributed by atoms with E-state index in [1.165, 1.54) is 6.07 Å². The van der Waals surface area contributed by atoms with Gasteiger partial charge in [0, 0.05) is 12.3 Å². The Bertz CT molecular complexity index is 272. The number of hydrogen-bond donors (Lipinski definition) is 2. The lowest BCUT2D eigenvalue weighted by atomic mass is 10.5. The van der Waals surface area contributed by atoms with Crippen molar-refractivity contribution in [2.24, 2.45) is 5.84 Å². The van der Waals surface area contributed by atoms with E-state index in [1.54, 1.807) is 0 Å². The molecule has 7 heteroatoms. The summed E-state index contributed by atoms with van der Waals surface area (Å²) in [7, 11) is 0. The lowest BCUT2D eigenvalue weighted by molar-refractivity contribution is -0.144. The van der Waals surface area contributed by atoms with E-state index in [-0.39, 0.29) is 5.82 Å². The first-order valence-electron chi connectivity index (χ1n) is 2.91. The highest BCUT2D eigenvalue weighted by molar-refractivity contribution is 5.30. The molecule has 1 aromatic heterocycles. The highest BCUT2D eigenvalue weighted by Gasteiger charge is 2.34. The zero-order chi connectivity index (χ0) is 9.19. The topological polar surface area (TPSA) is 63.8 Å². The van der Waals surface area contributed by atoms with Crippen LogP contribution in [0.15, 0.2) is 12.3 Å². The smallest absolute Gasteiger partial charge is 0.308 e. The van der Waals surface area contributed by atoms with Crippen LogP contribution in [0.1, 0.15) is 5.82 Å². The third kappa shape index (κ3) is 1.82. The molecule has 0 radical (unpaired) electrons. The SMILES string of the molecule is NNc1ccnc(C(F)(F)F)n1. The molecule has 0 aliphatic rings. The van der Waals surface area contributed by atoms with Crippen molar-refractivity contribution in [3.8, 4) is 0 Å². The van der Waals surface area contributed by atoms with E-state index in [4.69, 9.17) is 5.84 Å². The Morgan fingerprint density at radius 1 is 1.42 bits per heavy atom. The molecule has 0 fully saturated rings. The van der Waals surface area contributed by atoms with Gasteiger partial charge in [0.05, 0.1) is 0 Å². The number of hydrogen-bond acceptors (Lipinski definition) is 4. The Kier molecular flexibility index (Phi) is 2.13. The maximum absolute atomic E-state index is 11.9. The summed E-state index contributed by atoms with van der Waals surface area (Å²) in [6.45, 7) is 0. The summed E-state index contributed by atoms with van der Waals surface area (Å²) in [5.74, 6) is 3.57. The Morgan fingerprint density at radius 2 is 2.08 bits per heavy atom. The summed E-state index contributed by atoms with van der Waals surface area (Å²) < 4.78 is 35.7. The number of nitrogen functional groups attached to an aromatic ring is 1. The van der Waals surface area contributed by atoms with Gasteiger partial charge in [0.25, 0.3) is 0 Å². The van der Waals surface area contributed by atoms with Crippen LogP contribution >= 0.6 is 0 Å². The molecular weight excluding hydrogens is 173 g/mol. The van der Waals surface area contributed by atoms with E-state index in [9.17, 15) is 13.2 Å². The zero-order valence-corrected chi connectivity index (χ0v) is 5.76. The van der Waals surface area contributed by atoms with Crippen molar-refractivity contribution in [2.75, 3.05) is 5.43 Å². The fourth-order valence-electron chi connectivity index (χ4n) is 0.576. The molecule has 1 heterocycles. The predicted octanol–water partition coefficient (Wildman–Crippen LogP) is 0.781. The Labute approximate surface area is 65.6 Å². The average molecular weight is 178 g/mol. The van der Waals surface area contributed by atoms with E-state index >= 15 is 0 Å². The number of nitrogens with two attached hydrogens (primary N) is 1. The molecule has 0 saturated heterocycles. The fraction of sp³-hybridized carbons (Fsp3) is 0.200. The van der Waals surface area contributed by atoms with E-state index in [0.717, 1.165) is 6.20 Å². The molecule has 0 aliphatic heterocycles. The van der Waals surface area contributed by atoms with Crippen molar-refractivity contribution in [1.29, 1.82) is 0 Å². The minimum absolute atomic E-state index is 0.0719. The van der Waals surface area contributed by atoms with Gasteiger partial charge in [0.1, 0.15) is 5.82 Å². The van der Waals surface area contributed by atoms with Crippen LogP contribution in [-0.4, -0.2) is 9.97 Å². The second kappa shape index (κ2) is 2.94. The molecule has 0 aliphatic carbocycles. The molecule has 0 saturated carbocycles. The molecule has 4 nitrogen and oxygen atoms in total. The summed E-state index contributed by atoms with van der Waals surface area (Å²) in [6.07, 6.45) is -3.56. The number of aromatic nitrogens is 2. The molecule has 0 spiro atoms. The van der Waals surface area contributed by atoms with Gasteiger partial charge in [-0.25, -0.2) is 15.8 Å². The number of rotatable bonds is 1. The monoisotopic (exact) mass is 178 g/mol. The van der Waals surface area contributed by atoms with Gasteiger partial charge in [-0.15, -0.1) is 0 Å². The van der Waals surface area contributed by atoms with Crippen molar-refractivity contribution in [1.82, 2.24) is 9.97 Å². The third-order valence-electron chi connectivity index (χ3n) is 1.06. The standard InChI is InChI=1S/C5H5F3N4/c6-5(7,8)4-10-2-1-3(11-4)12-9/h1-2H,9H2,(H,10,11,12). The highest BCUT2D eigenvalue weighted by Crippen LogP contribution is 2.25. The summed E-state index contributed by atoms with van der Waals surface area (Å²) in [5, 5.41) is 0. The van der Waals surface area contributed by atoms with Gasteiger partial charge >= 0.3 is 6.18 Å². The van der Waals surface area contributed by atoms with Crippen LogP contribution in [0.2, 0.25) is 0 Å². The van der Waals surface area contributed by atoms with Crippen molar-refractivity contribution in [3.63, 3.8) is 0 Å². The van der Waals surface area contributed by atoms with Crippen LogP contribution < -0.4 is 11.3 Å². The molecule has 1 aromatic rings. The number of nitrogens with zero attached hydrogens (tertiary/aromatic N) is 2. The molecule has 12 heavy (non-hydrogen) atoms. The van der Waals surface area contributed by atoms with Gasteiger partial charge in [0.2, 0.25) is 5.82 Å². The maximum Gasteiger partial charge on any atom is 0.451 e. The van der Waals surface area contributed by atoms with E-state index in [2.05, 4.69) is 9.97 Å². The third-order valence-corrected chi connectivity index (χ3v) is 1.06. The van der Waals surface area contributed by atoms with E-state index in [0.29, 0.717) is 0 Å². The number of anilines is 1. The van der Waals surface area contributed by atoms with E-state index in [1.807, 2.05) is 5.43 Å². The lowest BCUT2D eigenvalue weighted by Gasteiger charge is -2.04. The molecular formula is C5H5F3N4. The Morgan fingerprint density at radius 3 is 2.58 bits per heavy atom. The summed E-state index contributed by atoms with van der Waals surface area (Å²) in [6, 6.07) is 1.23. The normalized spacial score (nSPS) is 11.3. The Balaban J connectivity index is 3.02. The number of halogens is 3. The molecule has 0 unspecified atom stereocenters. The van der Waals surface area contributed by atoms with Crippen LogP contribution in [-0.2, 0) is 6.18 Å². The first-order chi connectivity index (χ1) is 5.54. The van der Waals surface area contributed by atoms with E-state index < -0.39 is 12.0 Å². The summed E-state index contributed by atoms with van der Waals surface area (Å²) >= 11 is 0. The van der Waals surface area contributed by atoms with Crippen LogP contribution in [0, 0.1) is 0 Å². The largest absolute Gasteiger partial charge is 0.451 e. The second-order valence-electron chi connectivity index (χ2n) is 1.91. The quantitative estimate of drug-likeness (QED) is 0.492. The van der Waals surface area contributed by atoms with Gasteiger partial charge in [-0.05, 0) is 0 Å². The molecule has 0 amide bonds. The first-order valence-corrected chi connectivity index (χ1v) is 2.91. The van der Waals surface area contributed by atoms with Gasteiger partial charge < -0.3 is 5.43 Å². The molecule has 0 atom stereocenters. The summed E-state index contributed by atoms with van der Waals surface area (Å²) in [5.41, 5.74) is 1.99. The Hall–Kier alpha value is -1.37. The maximum atomic E-state index is 11.9. The number of alkyl halides is 3.